The fraction of sp³-hybridized carbons (Fsp3) is 0.583. The maximum absolute atomic E-state index is 10.8. The molecule has 8 heteroatoms. The van der Waals surface area contributed by atoms with Gasteiger partial charge in [-0.05, 0) is 13.3 Å². The average Bonchev–Trinajstić information content (AvgIpc) is 2.85. The van der Waals surface area contributed by atoms with Crippen molar-refractivity contribution in [1.82, 2.24) is 15.1 Å². The lowest BCUT2D eigenvalue weighted by Crippen LogP contribution is -2.27. The summed E-state index contributed by atoms with van der Waals surface area (Å²) in [5.74, 6) is -1.25. The highest BCUT2D eigenvalue weighted by atomic mass is 16.4. The van der Waals surface area contributed by atoms with E-state index in [-0.39, 0.29) is 18.9 Å². The first-order chi connectivity index (χ1) is 9.32. The van der Waals surface area contributed by atoms with Crippen molar-refractivity contribution in [2.45, 2.75) is 38.5 Å². The molecule has 0 fully saturated rings. The first-order valence-electron chi connectivity index (χ1n) is 6.20. The molecule has 112 valence electrons. The summed E-state index contributed by atoms with van der Waals surface area (Å²) in [6.07, 6.45) is 0.621. The largest absolute Gasteiger partial charge is 0.480 e. The van der Waals surface area contributed by atoms with Crippen molar-refractivity contribution < 1.29 is 24.9 Å². The number of amides is 1. The zero-order valence-electron chi connectivity index (χ0n) is 11.4. The Kier molecular flexibility index (Phi) is 5.66. The highest BCUT2D eigenvalue weighted by Gasteiger charge is 2.22. The van der Waals surface area contributed by atoms with E-state index in [0.717, 1.165) is 0 Å². The minimum Gasteiger partial charge on any atom is -0.480 e. The number of carboxylic acid groups (broad SMARTS) is 1. The number of nitrogens with zero attached hydrogens (tertiary/aromatic N) is 2. The van der Waals surface area contributed by atoms with Gasteiger partial charge in [-0.2, -0.15) is 5.10 Å². The molecule has 0 saturated heterocycles. The quantitative estimate of drug-likeness (QED) is 0.532. The van der Waals surface area contributed by atoms with Gasteiger partial charge in [0.2, 0.25) is 5.91 Å². The van der Waals surface area contributed by atoms with E-state index in [0.29, 0.717) is 5.56 Å². The van der Waals surface area contributed by atoms with Crippen LogP contribution in [0.5, 0.6) is 0 Å². The molecular weight excluding hydrogens is 266 g/mol. The van der Waals surface area contributed by atoms with Crippen LogP contribution in [0.25, 0.3) is 0 Å². The summed E-state index contributed by atoms with van der Waals surface area (Å²) in [7, 11) is 0. The molecular formula is C12H19N3O5. The average molecular weight is 285 g/mol. The molecule has 0 saturated carbocycles. The first-order valence-corrected chi connectivity index (χ1v) is 6.20. The minimum absolute atomic E-state index is 0.181. The number of aliphatic carboxylic acids is 1. The maximum atomic E-state index is 10.8. The number of nitrogens with one attached hydrogen (secondary N) is 1. The molecule has 0 spiro atoms. The van der Waals surface area contributed by atoms with Crippen LogP contribution >= 0.6 is 0 Å². The molecule has 0 aliphatic rings. The third kappa shape index (κ3) is 4.32. The number of hydrogen-bond donors (Lipinski definition) is 4. The van der Waals surface area contributed by atoms with Crippen LogP contribution in [0.3, 0.4) is 0 Å². The molecule has 0 radical (unpaired) electrons. The Morgan fingerprint density at radius 2 is 2.10 bits per heavy atom. The standard InChI is InChI=1S/C12H19N3O5/c1-7(12(19)20)15-6-9(5-14-15)11(18)10(17)3-4-13-8(2)16/h5-7,10-11,17-18H,3-4H2,1-2H3,(H,13,16)(H,19,20)/t7-,10?,11?/m0/s1. The molecule has 3 atom stereocenters. The molecule has 1 rings (SSSR count). The van der Waals surface area contributed by atoms with Crippen molar-refractivity contribution in [3.8, 4) is 0 Å². The minimum atomic E-state index is -1.18. The number of carboxylic acids is 1. The van der Waals surface area contributed by atoms with Crippen molar-refractivity contribution in [2.24, 2.45) is 0 Å². The van der Waals surface area contributed by atoms with Crippen LogP contribution in [-0.4, -0.2) is 49.6 Å². The van der Waals surface area contributed by atoms with Crippen molar-refractivity contribution >= 4 is 11.9 Å². The topological polar surface area (TPSA) is 125 Å². The van der Waals surface area contributed by atoms with Crippen LogP contribution in [0.15, 0.2) is 12.4 Å². The van der Waals surface area contributed by atoms with Crippen LogP contribution < -0.4 is 5.32 Å². The van der Waals surface area contributed by atoms with Crippen molar-refractivity contribution in [1.29, 1.82) is 0 Å². The monoisotopic (exact) mass is 285 g/mol. The predicted molar refractivity (Wildman–Crippen MR) is 68.8 cm³/mol. The molecule has 2 unspecified atom stereocenters. The molecule has 1 amide bonds. The Morgan fingerprint density at radius 1 is 1.45 bits per heavy atom. The van der Waals surface area contributed by atoms with E-state index >= 15 is 0 Å². The summed E-state index contributed by atoms with van der Waals surface area (Å²) in [4.78, 5) is 21.5. The van der Waals surface area contributed by atoms with Gasteiger partial charge in [0.1, 0.15) is 12.1 Å². The Morgan fingerprint density at radius 3 is 2.65 bits per heavy atom. The van der Waals surface area contributed by atoms with Gasteiger partial charge in [0.15, 0.2) is 0 Å². The van der Waals surface area contributed by atoms with Gasteiger partial charge in [-0.15, -0.1) is 0 Å². The Hall–Kier alpha value is -1.93. The number of aliphatic hydroxyl groups excluding tert-OH is 2. The van der Waals surface area contributed by atoms with E-state index in [9.17, 15) is 19.8 Å². The Labute approximate surface area is 116 Å². The SMILES string of the molecule is CC(=O)NCCC(O)C(O)c1cnn([C@@H](C)C(=O)O)c1. The van der Waals surface area contributed by atoms with Gasteiger partial charge in [-0.3, -0.25) is 9.48 Å². The van der Waals surface area contributed by atoms with E-state index < -0.39 is 24.2 Å². The summed E-state index contributed by atoms with van der Waals surface area (Å²) in [6.45, 7) is 3.06. The van der Waals surface area contributed by atoms with E-state index in [4.69, 9.17) is 5.11 Å². The fourth-order valence-corrected chi connectivity index (χ4v) is 1.61. The van der Waals surface area contributed by atoms with Gasteiger partial charge < -0.3 is 20.6 Å². The molecule has 0 aliphatic heterocycles. The third-order valence-electron chi connectivity index (χ3n) is 2.90. The van der Waals surface area contributed by atoms with Crippen LogP contribution in [0.2, 0.25) is 0 Å². The van der Waals surface area contributed by atoms with E-state index in [1.165, 1.54) is 30.9 Å². The zero-order chi connectivity index (χ0) is 15.3. The van der Waals surface area contributed by atoms with E-state index in [2.05, 4.69) is 10.4 Å². The maximum Gasteiger partial charge on any atom is 0.328 e. The number of carbonyl (C=O) groups is 2. The van der Waals surface area contributed by atoms with Crippen LogP contribution in [0, 0.1) is 0 Å². The lowest BCUT2D eigenvalue weighted by Gasteiger charge is -2.16. The van der Waals surface area contributed by atoms with Gasteiger partial charge in [0, 0.05) is 25.2 Å². The second-order valence-electron chi connectivity index (χ2n) is 4.55. The second kappa shape index (κ2) is 7.01. The van der Waals surface area contributed by atoms with E-state index in [1.807, 2.05) is 0 Å². The molecule has 8 nitrogen and oxygen atoms in total. The lowest BCUT2D eigenvalue weighted by molar-refractivity contribution is -0.140. The Bertz CT molecular complexity index is 473. The number of hydrogen-bond acceptors (Lipinski definition) is 5. The number of aliphatic hydroxyl groups is 2. The third-order valence-corrected chi connectivity index (χ3v) is 2.90. The normalized spacial score (nSPS) is 15.4. The molecule has 1 aromatic rings. The summed E-state index contributed by atoms with van der Waals surface area (Å²) in [5.41, 5.74) is 0.327. The second-order valence-corrected chi connectivity index (χ2v) is 4.55. The first kappa shape index (κ1) is 16.1. The van der Waals surface area contributed by atoms with Gasteiger partial charge in [-0.1, -0.05) is 0 Å². The smallest absolute Gasteiger partial charge is 0.328 e. The van der Waals surface area contributed by atoms with Crippen LogP contribution in [-0.2, 0) is 9.59 Å². The zero-order valence-corrected chi connectivity index (χ0v) is 11.4. The lowest BCUT2D eigenvalue weighted by atomic mass is 10.1. The number of aromatic nitrogens is 2. The van der Waals surface area contributed by atoms with E-state index in [1.54, 1.807) is 0 Å². The van der Waals surface area contributed by atoms with Gasteiger partial charge >= 0.3 is 5.97 Å². The molecule has 1 heterocycles. The highest BCUT2D eigenvalue weighted by Crippen LogP contribution is 2.19. The van der Waals surface area contributed by atoms with Crippen LogP contribution in [0.1, 0.15) is 38.0 Å². The molecule has 20 heavy (non-hydrogen) atoms. The van der Waals surface area contributed by atoms with Gasteiger partial charge in [0.25, 0.3) is 0 Å². The molecule has 0 aliphatic carbocycles. The fourth-order valence-electron chi connectivity index (χ4n) is 1.61. The highest BCUT2D eigenvalue weighted by molar-refractivity contribution is 5.72. The molecule has 0 bridgehead atoms. The predicted octanol–water partition coefficient (Wildman–Crippen LogP) is -0.551. The summed E-state index contributed by atoms with van der Waals surface area (Å²) < 4.78 is 1.20. The van der Waals surface area contributed by atoms with Crippen LogP contribution in [0.4, 0.5) is 0 Å². The van der Waals surface area contributed by atoms with Crippen molar-refractivity contribution in [3.05, 3.63) is 18.0 Å². The Balaban J connectivity index is 2.60. The van der Waals surface area contributed by atoms with Crippen molar-refractivity contribution in [2.75, 3.05) is 6.54 Å². The summed E-state index contributed by atoms with van der Waals surface area (Å²) in [6, 6.07) is -0.854. The van der Waals surface area contributed by atoms with Crippen molar-refractivity contribution in [3.63, 3.8) is 0 Å². The number of rotatable bonds is 7. The van der Waals surface area contributed by atoms with Gasteiger partial charge in [-0.25, -0.2) is 4.79 Å². The number of carbonyl (C=O) groups excluding carboxylic acids is 1. The van der Waals surface area contributed by atoms with Gasteiger partial charge in [0.05, 0.1) is 12.3 Å². The molecule has 0 aromatic carbocycles. The summed E-state index contributed by atoms with van der Waals surface area (Å²) in [5, 5.41) is 34.9. The molecule has 4 N–H and O–H groups in total. The summed E-state index contributed by atoms with van der Waals surface area (Å²) >= 11 is 0. The molecule has 1 aromatic heterocycles.